The van der Waals surface area contributed by atoms with Crippen LogP contribution in [0, 0.1) is 0 Å². The zero-order valence-electron chi connectivity index (χ0n) is 12.3. The Labute approximate surface area is 117 Å². The van der Waals surface area contributed by atoms with E-state index in [0.29, 0.717) is 18.6 Å². The van der Waals surface area contributed by atoms with Gasteiger partial charge in [-0.2, -0.15) is 0 Å². The molecule has 0 spiro atoms. The normalized spacial score (nSPS) is 25.6. The van der Waals surface area contributed by atoms with Crippen molar-refractivity contribution in [2.75, 3.05) is 26.2 Å². The lowest BCUT2D eigenvalue weighted by molar-refractivity contribution is -0.121. The molecule has 0 aromatic rings. The zero-order chi connectivity index (χ0) is 13.5. The first kappa shape index (κ1) is 14.8. The summed E-state index contributed by atoms with van der Waals surface area (Å²) in [6, 6.07) is 1.06. The number of hydrogen-bond acceptors (Lipinski definition) is 3. The summed E-state index contributed by atoms with van der Waals surface area (Å²) in [5.41, 5.74) is 0. The van der Waals surface area contributed by atoms with Crippen molar-refractivity contribution >= 4 is 5.91 Å². The van der Waals surface area contributed by atoms with Crippen LogP contribution in [0.5, 0.6) is 0 Å². The molecule has 2 aliphatic rings. The third kappa shape index (κ3) is 4.77. The fourth-order valence-electron chi connectivity index (χ4n) is 3.42. The second kappa shape index (κ2) is 7.85. The summed E-state index contributed by atoms with van der Waals surface area (Å²) in [6.07, 6.45) is 8.77. The molecule has 0 aromatic heterocycles. The molecule has 4 heteroatoms. The van der Waals surface area contributed by atoms with Crippen LogP contribution in [0.2, 0.25) is 0 Å². The highest BCUT2D eigenvalue weighted by Gasteiger charge is 2.22. The summed E-state index contributed by atoms with van der Waals surface area (Å²) >= 11 is 0. The number of likely N-dealkylation sites (N-methyl/N-ethyl adjacent to an activating group) is 1. The Bertz CT molecular complexity index is 277. The molecule has 1 saturated carbocycles. The molecule has 2 rings (SSSR count). The molecule has 4 nitrogen and oxygen atoms in total. The third-order valence-electron chi connectivity index (χ3n) is 4.54. The minimum atomic E-state index is 0.174. The Hall–Kier alpha value is -0.610. The van der Waals surface area contributed by atoms with E-state index in [4.69, 9.17) is 0 Å². The maximum absolute atomic E-state index is 11.8. The molecule has 1 aliphatic carbocycles. The molecule has 1 saturated heterocycles. The van der Waals surface area contributed by atoms with Crippen LogP contribution in [-0.4, -0.2) is 49.1 Å². The van der Waals surface area contributed by atoms with Gasteiger partial charge in [-0.15, -0.1) is 0 Å². The van der Waals surface area contributed by atoms with Crippen molar-refractivity contribution in [1.82, 2.24) is 15.5 Å². The number of rotatable bonds is 6. The van der Waals surface area contributed by atoms with Crippen LogP contribution in [0.1, 0.15) is 51.9 Å². The molecule has 0 aromatic carbocycles. The Morgan fingerprint density at radius 2 is 1.95 bits per heavy atom. The topological polar surface area (TPSA) is 44.4 Å². The van der Waals surface area contributed by atoms with Crippen LogP contribution in [-0.2, 0) is 4.79 Å². The minimum Gasteiger partial charge on any atom is -0.352 e. The Kier molecular flexibility index (Phi) is 6.11. The van der Waals surface area contributed by atoms with E-state index < -0.39 is 0 Å². The number of carbonyl (C=O) groups excluding carboxylic acids is 1. The van der Waals surface area contributed by atoms with Gasteiger partial charge in [-0.05, 0) is 38.8 Å². The molecular weight excluding hydrogens is 238 g/mol. The van der Waals surface area contributed by atoms with Crippen molar-refractivity contribution in [3.05, 3.63) is 0 Å². The summed E-state index contributed by atoms with van der Waals surface area (Å²) in [5, 5.41) is 6.48. The summed E-state index contributed by atoms with van der Waals surface area (Å²) in [4.78, 5) is 14.4. The molecule has 1 aliphatic heterocycles. The van der Waals surface area contributed by atoms with E-state index in [9.17, 15) is 4.79 Å². The van der Waals surface area contributed by atoms with E-state index in [1.165, 1.54) is 38.6 Å². The van der Waals surface area contributed by atoms with E-state index in [0.717, 1.165) is 25.9 Å². The molecule has 1 unspecified atom stereocenters. The first-order chi connectivity index (χ1) is 9.29. The maximum Gasteiger partial charge on any atom is 0.234 e. The highest BCUT2D eigenvalue weighted by molar-refractivity contribution is 5.78. The molecule has 1 amide bonds. The quantitative estimate of drug-likeness (QED) is 0.767. The second-order valence-corrected chi connectivity index (χ2v) is 5.96. The molecule has 0 bridgehead atoms. The van der Waals surface area contributed by atoms with Gasteiger partial charge < -0.3 is 10.6 Å². The predicted octanol–water partition coefficient (Wildman–Crippen LogP) is 1.51. The first-order valence-corrected chi connectivity index (χ1v) is 8.03. The standard InChI is InChI=1S/C15H29N3O/c1-2-18-10-6-9-14(18)11-16-12-15(19)17-13-7-4-3-5-8-13/h13-14,16H,2-12H2,1H3,(H,17,19). The van der Waals surface area contributed by atoms with E-state index in [1.54, 1.807) is 0 Å². The van der Waals surface area contributed by atoms with Gasteiger partial charge in [-0.3, -0.25) is 9.69 Å². The summed E-state index contributed by atoms with van der Waals surface area (Å²) in [6.45, 7) is 5.99. The Balaban J connectivity index is 1.58. The largest absolute Gasteiger partial charge is 0.352 e. The molecule has 19 heavy (non-hydrogen) atoms. The van der Waals surface area contributed by atoms with Gasteiger partial charge in [0, 0.05) is 18.6 Å². The van der Waals surface area contributed by atoms with Crippen molar-refractivity contribution in [3.8, 4) is 0 Å². The fraction of sp³-hybridized carbons (Fsp3) is 0.933. The smallest absolute Gasteiger partial charge is 0.234 e. The number of amides is 1. The number of likely N-dealkylation sites (tertiary alicyclic amines) is 1. The van der Waals surface area contributed by atoms with Crippen LogP contribution in [0.25, 0.3) is 0 Å². The van der Waals surface area contributed by atoms with Crippen LogP contribution in [0.4, 0.5) is 0 Å². The minimum absolute atomic E-state index is 0.174. The van der Waals surface area contributed by atoms with Crippen molar-refractivity contribution in [2.24, 2.45) is 0 Å². The van der Waals surface area contributed by atoms with E-state index in [2.05, 4.69) is 22.5 Å². The SMILES string of the molecule is CCN1CCCC1CNCC(=O)NC1CCCCC1. The van der Waals surface area contributed by atoms with Crippen molar-refractivity contribution in [3.63, 3.8) is 0 Å². The van der Waals surface area contributed by atoms with Gasteiger partial charge in [-0.25, -0.2) is 0 Å². The van der Waals surface area contributed by atoms with Crippen molar-refractivity contribution < 1.29 is 4.79 Å². The van der Waals surface area contributed by atoms with Crippen molar-refractivity contribution in [2.45, 2.75) is 64.0 Å². The van der Waals surface area contributed by atoms with Gasteiger partial charge in [0.1, 0.15) is 0 Å². The Morgan fingerprint density at radius 1 is 1.16 bits per heavy atom. The van der Waals surface area contributed by atoms with Gasteiger partial charge >= 0.3 is 0 Å². The molecule has 2 fully saturated rings. The third-order valence-corrected chi connectivity index (χ3v) is 4.54. The highest BCUT2D eigenvalue weighted by atomic mass is 16.1. The van der Waals surface area contributed by atoms with Gasteiger partial charge in [-0.1, -0.05) is 26.2 Å². The lowest BCUT2D eigenvalue weighted by Gasteiger charge is -2.24. The van der Waals surface area contributed by atoms with Gasteiger partial charge in [0.25, 0.3) is 0 Å². The molecule has 2 N–H and O–H groups in total. The molecule has 1 atom stereocenters. The van der Waals surface area contributed by atoms with Gasteiger partial charge in [0.15, 0.2) is 0 Å². The van der Waals surface area contributed by atoms with Gasteiger partial charge in [0.05, 0.1) is 6.54 Å². The Morgan fingerprint density at radius 3 is 2.68 bits per heavy atom. The fourth-order valence-corrected chi connectivity index (χ4v) is 3.42. The second-order valence-electron chi connectivity index (χ2n) is 5.96. The van der Waals surface area contributed by atoms with E-state index in [1.807, 2.05) is 0 Å². The number of hydrogen-bond donors (Lipinski definition) is 2. The predicted molar refractivity (Wildman–Crippen MR) is 78.2 cm³/mol. The average molecular weight is 267 g/mol. The molecule has 1 heterocycles. The molecule has 110 valence electrons. The first-order valence-electron chi connectivity index (χ1n) is 8.03. The van der Waals surface area contributed by atoms with Crippen molar-refractivity contribution in [1.29, 1.82) is 0 Å². The van der Waals surface area contributed by atoms with Crippen LogP contribution in [0.3, 0.4) is 0 Å². The van der Waals surface area contributed by atoms with Gasteiger partial charge in [0.2, 0.25) is 5.91 Å². The lowest BCUT2D eigenvalue weighted by atomic mass is 9.95. The zero-order valence-corrected chi connectivity index (χ0v) is 12.3. The van der Waals surface area contributed by atoms with Crippen LogP contribution in [0.15, 0.2) is 0 Å². The van der Waals surface area contributed by atoms with E-state index in [-0.39, 0.29) is 5.91 Å². The molecular formula is C15H29N3O. The van der Waals surface area contributed by atoms with E-state index >= 15 is 0 Å². The average Bonchev–Trinajstić information content (AvgIpc) is 2.87. The monoisotopic (exact) mass is 267 g/mol. The number of nitrogens with one attached hydrogen (secondary N) is 2. The summed E-state index contributed by atoms with van der Waals surface area (Å²) in [7, 11) is 0. The number of nitrogens with zero attached hydrogens (tertiary/aromatic N) is 1. The molecule has 0 radical (unpaired) electrons. The summed E-state index contributed by atoms with van der Waals surface area (Å²) < 4.78 is 0. The van der Waals surface area contributed by atoms with Crippen LogP contribution < -0.4 is 10.6 Å². The summed E-state index contributed by atoms with van der Waals surface area (Å²) in [5.74, 6) is 0.174. The van der Waals surface area contributed by atoms with Crippen LogP contribution >= 0.6 is 0 Å². The lowest BCUT2D eigenvalue weighted by Crippen LogP contribution is -2.44. The highest BCUT2D eigenvalue weighted by Crippen LogP contribution is 2.17. The number of carbonyl (C=O) groups is 1. The maximum atomic E-state index is 11.8.